The lowest BCUT2D eigenvalue weighted by atomic mass is 10.1. The first-order valence-electron chi connectivity index (χ1n) is 11.3. The minimum atomic E-state index is 0.0846. The molecule has 0 unspecified atom stereocenters. The summed E-state index contributed by atoms with van der Waals surface area (Å²) in [6.07, 6.45) is 1.85. The molecule has 1 saturated heterocycles. The van der Waals surface area contributed by atoms with Gasteiger partial charge in [0.15, 0.2) is 5.65 Å². The smallest absolute Gasteiger partial charge is 0.253 e. The van der Waals surface area contributed by atoms with E-state index in [1.165, 1.54) is 5.56 Å². The Hall–Kier alpha value is -3.74. The second-order valence-electron chi connectivity index (χ2n) is 8.82. The average molecular weight is 441 g/mol. The summed E-state index contributed by atoms with van der Waals surface area (Å²) in [7, 11) is 0. The van der Waals surface area contributed by atoms with Crippen molar-refractivity contribution in [3.05, 3.63) is 76.7 Å². The van der Waals surface area contributed by atoms with E-state index in [0.29, 0.717) is 18.9 Å². The van der Waals surface area contributed by atoms with Gasteiger partial charge in [-0.2, -0.15) is 5.10 Å². The molecule has 5 rings (SSSR count). The van der Waals surface area contributed by atoms with Gasteiger partial charge in [-0.3, -0.25) is 4.79 Å². The molecule has 1 aliphatic heterocycles. The van der Waals surface area contributed by atoms with Crippen LogP contribution in [0.1, 0.15) is 32.9 Å². The van der Waals surface area contributed by atoms with Crippen molar-refractivity contribution in [2.24, 2.45) is 0 Å². The number of aromatic nitrogens is 4. The fourth-order valence-corrected chi connectivity index (χ4v) is 4.46. The Morgan fingerprint density at radius 3 is 2.24 bits per heavy atom. The number of fused-ring (bicyclic) bond motifs is 1. The van der Waals surface area contributed by atoms with Crippen molar-refractivity contribution in [1.29, 1.82) is 0 Å². The molecule has 2 aromatic heterocycles. The Kier molecular flexibility index (Phi) is 5.32. The van der Waals surface area contributed by atoms with Gasteiger partial charge in [-0.1, -0.05) is 35.4 Å². The highest BCUT2D eigenvalue weighted by molar-refractivity contribution is 5.94. The molecule has 0 radical (unpaired) electrons. The van der Waals surface area contributed by atoms with Crippen LogP contribution >= 0.6 is 0 Å². The minimum absolute atomic E-state index is 0.0846. The molecule has 1 amide bonds. The summed E-state index contributed by atoms with van der Waals surface area (Å²) >= 11 is 0. The van der Waals surface area contributed by atoms with Crippen LogP contribution in [0.25, 0.3) is 16.7 Å². The van der Waals surface area contributed by atoms with Crippen LogP contribution in [0, 0.1) is 27.7 Å². The Labute approximate surface area is 193 Å². The maximum absolute atomic E-state index is 12.9. The predicted octanol–water partition coefficient (Wildman–Crippen LogP) is 4.01. The number of benzene rings is 2. The van der Waals surface area contributed by atoms with Crippen LogP contribution in [0.5, 0.6) is 0 Å². The summed E-state index contributed by atoms with van der Waals surface area (Å²) < 4.78 is 1.90. The summed E-state index contributed by atoms with van der Waals surface area (Å²) in [5, 5.41) is 5.60. The van der Waals surface area contributed by atoms with Gasteiger partial charge in [-0.15, -0.1) is 0 Å². The third-order valence-corrected chi connectivity index (χ3v) is 6.27. The van der Waals surface area contributed by atoms with E-state index in [-0.39, 0.29) is 5.91 Å². The number of piperazine rings is 1. The lowest BCUT2D eigenvalue weighted by Crippen LogP contribution is -2.49. The molecule has 7 heteroatoms. The highest BCUT2D eigenvalue weighted by Crippen LogP contribution is 2.28. The lowest BCUT2D eigenvalue weighted by Gasteiger charge is -2.35. The van der Waals surface area contributed by atoms with Crippen LogP contribution in [0.15, 0.2) is 48.7 Å². The van der Waals surface area contributed by atoms with Crippen molar-refractivity contribution < 1.29 is 4.79 Å². The molecule has 1 fully saturated rings. The number of carbonyl (C=O) groups excluding carboxylic acids is 1. The van der Waals surface area contributed by atoms with E-state index >= 15 is 0 Å². The normalized spacial score (nSPS) is 14.2. The highest BCUT2D eigenvalue weighted by Gasteiger charge is 2.25. The minimum Gasteiger partial charge on any atom is -0.352 e. The third kappa shape index (κ3) is 3.95. The second kappa shape index (κ2) is 8.31. The van der Waals surface area contributed by atoms with Crippen LogP contribution in [-0.4, -0.2) is 56.7 Å². The Morgan fingerprint density at radius 1 is 0.848 bits per heavy atom. The fourth-order valence-electron chi connectivity index (χ4n) is 4.46. The molecule has 0 N–H and O–H groups in total. The number of hydrogen-bond acceptors (Lipinski definition) is 5. The van der Waals surface area contributed by atoms with Gasteiger partial charge in [0.25, 0.3) is 5.91 Å². The molecule has 168 valence electrons. The van der Waals surface area contributed by atoms with Crippen molar-refractivity contribution in [2.45, 2.75) is 27.7 Å². The first kappa shape index (κ1) is 21.1. The molecule has 0 saturated carbocycles. The van der Waals surface area contributed by atoms with E-state index in [1.807, 2.05) is 53.9 Å². The second-order valence-corrected chi connectivity index (χ2v) is 8.82. The number of anilines is 1. The monoisotopic (exact) mass is 440 g/mol. The van der Waals surface area contributed by atoms with Crippen LogP contribution in [-0.2, 0) is 0 Å². The van der Waals surface area contributed by atoms with Gasteiger partial charge in [0.1, 0.15) is 11.6 Å². The van der Waals surface area contributed by atoms with Crippen LogP contribution in [0.3, 0.4) is 0 Å². The molecule has 0 aliphatic carbocycles. The number of amides is 1. The standard InChI is InChI=1S/C26H28N6O/c1-17-5-8-21(9-6-17)26(33)31-13-11-30(12-14-31)24-22-16-27-32(25(22)29-20(4)28-24)23-10-7-18(2)15-19(23)3/h5-10,15-16H,11-14H2,1-4H3. The van der Waals surface area contributed by atoms with E-state index in [2.05, 4.69) is 42.0 Å². The van der Waals surface area contributed by atoms with Gasteiger partial charge in [-0.25, -0.2) is 14.6 Å². The van der Waals surface area contributed by atoms with Crippen LogP contribution < -0.4 is 4.90 Å². The Balaban J connectivity index is 1.41. The SMILES string of the molecule is Cc1ccc(C(=O)N2CCN(c3nc(C)nc4c3cnn4-c3ccc(C)cc3C)CC2)cc1. The van der Waals surface area contributed by atoms with Gasteiger partial charge < -0.3 is 9.80 Å². The van der Waals surface area contributed by atoms with Gasteiger partial charge in [0.2, 0.25) is 0 Å². The average Bonchev–Trinajstić information content (AvgIpc) is 3.22. The van der Waals surface area contributed by atoms with Gasteiger partial charge >= 0.3 is 0 Å². The van der Waals surface area contributed by atoms with E-state index in [4.69, 9.17) is 9.97 Å². The van der Waals surface area contributed by atoms with E-state index in [9.17, 15) is 4.79 Å². The quantitative estimate of drug-likeness (QED) is 0.482. The van der Waals surface area contributed by atoms with Crippen molar-refractivity contribution in [3.8, 4) is 5.69 Å². The van der Waals surface area contributed by atoms with Gasteiger partial charge in [0.05, 0.1) is 17.3 Å². The summed E-state index contributed by atoms with van der Waals surface area (Å²) in [5.74, 6) is 1.68. The molecular formula is C26H28N6O. The first-order valence-corrected chi connectivity index (χ1v) is 11.3. The molecule has 2 aromatic carbocycles. The number of hydrogen-bond donors (Lipinski definition) is 0. The molecular weight excluding hydrogens is 412 g/mol. The van der Waals surface area contributed by atoms with Crippen molar-refractivity contribution in [1.82, 2.24) is 24.6 Å². The van der Waals surface area contributed by atoms with Crippen LogP contribution in [0.2, 0.25) is 0 Å². The molecule has 0 bridgehead atoms. The van der Waals surface area contributed by atoms with Gasteiger partial charge in [-0.05, 0) is 51.5 Å². The molecule has 3 heterocycles. The van der Waals surface area contributed by atoms with E-state index in [0.717, 1.165) is 52.3 Å². The fraction of sp³-hybridized carbons (Fsp3) is 0.308. The molecule has 0 spiro atoms. The largest absolute Gasteiger partial charge is 0.352 e. The molecule has 0 atom stereocenters. The summed E-state index contributed by atoms with van der Waals surface area (Å²) in [6, 6.07) is 14.1. The molecule has 4 aromatic rings. The van der Waals surface area contributed by atoms with Crippen LogP contribution in [0.4, 0.5) is 5.82 Å². The van der Waals surface area contributed by atoms with Crippen molar-refractivity contribution in [2.75, 3.05) is 31.1 Å². The number of rotatable bonds is 3. The molecule has 7 nitrogen and oxygen atoms in total. The third-order valence-electron chi connectivity index (χ3n) is 6.27. The number of aryl methyl sites for hydroxylation is 4. The molecule has 1 aliphatic rings. The van der Waals surface area contributed by atoms with E-state index < -0.39 is 0 Å². The first-order chi connectivity index (χ1) is 15.9. The zero-order valence-corrected chi connectivity index (χ0v) is 19.5. The zero-order valence-electron chi connectivity index (χ0n) is 19.5. The number of nitrogens with zero attached hydrogens (tertiary/aromatic N) is 6. The maximum Gasteiger partial charge on any atom is 0.253 e. The summed E-state index contributed by atoms with van der Waals surface area (Å²) in [4.78, 5) is 26.6. The van der Waals surface area contributed by atoms with Crippen molar-refractivity contribution >= 4 is 22.8 Å². The Bertz CT molecular complexity index is 1330. The lowest BCUT2D eigenvalue weighted by molar-refractivity contribution is 0.0746. The summed E-state index contributed by atoms with van der Waals surface area (Å²) in [6.45, 7) is 10.9. The van der Waals surface area contributed by atoms with E-state index in [1.54, 1.807) is 0 Å². The predicted molar refractivity (Wildman–Crippen MR) is 130 cm³/mol. The zero-order chi connectivity index (χ0) is 23.1. The van der Waals surface area contributed by atoms with Gasteiger partial charge in [0, 0.05) is 31.7 Å². The highest BCUT2D eigenvalue weighted by atomic mass is 16.2. The molecule has 33 heavy (non-hydrogen) atoms. The van der Waals surface area contributed by atoms with Crippen molar-refractivity contribution in [3.63, 3.8) is 0 Å². The number of carbonyl (C=O) groups is 1. The summed E-state index contributed by atoms with van der Waals surface area (Å²) in [5.41, 5.74) is 6.10. The maximum atomic E-state index is 12.9. The topological polar surface area (TPSA) is 67.2 Å². The Morgan fingerprint density at radius 2 is 1.55 bits per heavy atom.